The van der Waals surface area contributed by atoms with Crippen LogP contribution in [0.2, 0.25) is 0 Å². The van der Waals surface area contributed by atoms with Gasteiger partial charge >= 0.3 is 0 Å². The number of hydrogen-bond acceptors (Lipinski definition) is 4. The number of rotatable bonds is 5. The second kappa shape index (κ2) is 12.2. The van der Waals surface area contributed by atoms with Gasteiger partial charge in [-0.2, -0.15) is 0 Å². The van der Waals surface area contributed by atoms with Crippen molar-refractivity contribution < 1.29 is 9.47 Å². The lowest BCUT2D eigenvalue weighted by Gasteiger charge is -2.26. The monoisotopic (exact) mass is 682 g/mol. The van der Waals surface area contributed by atoms with Crippen LogP contribution in [0.5, 0.6) is 23.0 Å². The van der Waals surface area contributed by atoms with Crippen LogP contribution in [0.3, 0.4) is 0 Å². The van der Waals surface area contributed by atoms with Crippen molar-refractivity contribution in [2.24, 2.45) is 0 Å². The van der Waals surface area contributed by atoms with Gasteiger partial charge in [0.1, 0.15) is 0 Å². The second-order valence-electron chi connectivity index (χ2n) is 14.1. The van der Waals surface area contributed by atoms with E-state index in [9.17, 15) is 0 Å². The number of para-hydroxylation sites is 1. The summed E-state index contributed by atoms with van der Waals surface area (Å²) in [6, 6.07) is 58.6. The molecule has 0 saturated carbocycles. The SMILES string of the molecule is CC1(C)c2ccccc2-c2c1ccc1c2Oc2cccc(-c3ccc(-c4cc(-c5ccccc5-c5ccccc5)nc(-c5ccccc5)n4)cc3)c2O1. The number of ether oxygens (including phenoxy) is 2. The molecule has 4 heteroatoms. The predicted molar refractivity (Wildman–Crippen MR) is 213 cm³/mol. The molecule has 7 aromatic carbocycles. The van der Waals surface area contributed by atoms with Gasteiger partial charge < -0.3 is 9.47 Å². The van der Waals surface area contributed by atoms with Gasteiger partial charge in [-0.25, -0.2) is 9.97 Å². The maximum Gasteiger partial charge on any atom is 0.178 e. The maximum atomic E-state index is 6.74. The minimum atomic E-state index is -0.119. The Labute approximate surface area is 309 Å². The number of benzene rings is 7. The highest BCUT2D eigenvalue weighted by Gasteiger charge is 2.39. The number of aromatic nitrogens is 2. The second-order valence-corrected chi connectivity index (χ2v) is 14.1. The van der Waals surface area contributed by atoms with Crippen molar-refractivity contribution in [2.45, 2.75) is 19.3 Å². The standard InChI is InChI=1S/C49H34N2O2/c1-49(2)39-22-12-11-20-38(39)45-40(49)28-29-44-47(45)53-43-23-13-21-36(46(43)52-44)32-24-26-33(27-25-32)41-30-42(51-48(50-41)34-16-7-4-8-17-34)37-19-10-9-18-35(37)31-14-5-3-6-15-31/h3-30H,1-2H3. The first-order valence-electron chi connectivity index (χ1n) is 18.0. The van der Waals surface area contributed by atoms with E-state index < -0.39 is 0 Å². The summed E-state index contributed by atoms with van der Waals surface area (Å²) in [5, 5.41) is 0. The lowest BCUT2D eigenvalue weighted by molar-refractivity contribution is 0.361. The molecule has 0 bridgehead atoms. The molecule has 1 aromatic heterocycles. The van der Waals surface area contributed by atoms with Gasteiger partial charge in [0.25, 0.3) is 0 Å². The van der Waals surface area contributed by atoms with Crippen LogP contribution in [-0.4, -0.2) is 9.97 Å². The van der Waals surface area contributed by atoms with Crippen molar-refractivity contribution >= 4 is 0 Å². The predicted octanol–water partition coefficient (Wildman–Crippen LogP) is 13.0. The molecule has 0 fully saturated rings. The van der Waals surface area contributed by atoms with Crippen LogP contribution in [0.1, 0.15) is 25.0 Å². The van der Waals surface area contributed by atoms with Gasteiger partial charge in [0.15, 0.2) is 28.8 Å². The maximum absolute atomic E-state index is 6.74. The van der Waals surface area contributed by atoms with E-state index in [1.165, 1.54) is 16.7 Å². The van der Waals surface area contributed by atoms with Crippen LogP contribution < -0.4 is 9.47 Å². The highest BCUT2D eigenvalue weighted by molar-refractivity contribution is 5.89. The lowest BCUT2D eigenvalue weighted by Crippen LogP contribution is -2.15. The molecule has 0 N–H and O–H groups in total. The molecule has 0 unspecified atom stereocenters. The summed E-state index contributed by atoms with van der Waals surface area (Å²) in [6.07, 6.45) is 0. The Morgan fingerprint density at radius 2 is 0.962 bits per heavy atom. The summed E-state index contributed by atoms with van der Waals surface area (Å²) >= 11 is 0. The van der Waals surface area contributed by atoms with Crippen molar-refractivity contribution in [3.05, 3.63) is 181 Å². The van der Waals surface area contributed by atoms with E-state index in [1.54, 1.807) is 0 Å². The zero-order valence-corrected chi connectivity index (χ0v) is 29.4. The summed E-state index contributed by atoms with van der Waals surface area (Å²) in [6.45, 7) is 4.55. The number of fused-ring (bicyclic) bond motifs is 6. The molecule has 0 amide bonds. The van der Waals surface area contributed by atoms with Gasteiger partial charge in [-0.05, 0) is 51.6 Å². The third kappa shape index (κ3) is 5.14. The molecule has 252 valence electrons. The molecule has 8 aromatic rings. The Balaban J connectivity index is 1.03. The lowest BCUT2D eigenvalue weighted by atomic mass is 9.82. The van der Waals surface area contributed by atoms with Crippen molar-refractivity contribution in [3.8, 4) is 90.3 Å². The molecule has 53 heavy (non-hydrogen) atoms. The molecular formula is C49H34N2O2. The molecule has 2 heterocycles. The molecule has 0 radical (unpaired) electrons. The highest BCUT2D eigenvalue weighted by Crippen LogP contribution is 2.59. The Morgan fingerprint density at radius 1 is 0.396 bits per heavy atom. The van der Waals surface area contributed by atoms with Crippen molar-refractivity contribution in [1.82, 2.24) is 9.97 Å². The number of hydrogen-bond donors (Lipinski definition) is 0. The van der Waals surface area contributed by atoms with E-state index in [4.69, 9.17) is 19.4 Å². The van der Waals surface area contributed by atoms with Crippen molar-refractivity contribution in [2.75, 3.05) is 0 Å². The largest absolute Gasteiger partial charge is 0.449 e. The van der Waals surface area contributed by atoms with Gasteiger partial charge in [0, 0.05) is 33.2 Å². The summed E-state index contributed by atoms with van der Waals surface area (Å²) in [5.74, 6) is 3.61. The summed E-state index contributed by atoms with van der Waals surface area (Å²) < 4.78 is 13.5. The fraction of sp³-hybridized carbons (Fsp3) is 0.0612. The van der Waals surface area contributed by atoms with Gasteiger partial charge in [0.2, 0.25) is 0 Å². The van der Waals surface area contributed by atoms with Gasteiger partial charge in [-0.15, -0.1) is 0 Å². The van der Waals surface area contributed by atoms with E-state index in [1.807, 2.05) is 36.4 Å². The fourth-order valence-corrected chi connectivity index (χ4v) is 7.92. The summed E-state index contributed by atoms with van der Waals surface area (Å²) in [5.41, 5.74) is 13.8. The first kappa shape index (κ1) is 31.0. The van der Waals surface area contributed by atoms with Crippen LogP contribution in [0.4, 0.5) is 0 Å². The first-order valence-corrected chi connectivity index (χ1v) is 18.0. The third-order valence-corrected chi connectivity index (χ3v) is 10.6. The molecule has 10 rings (SSSR count). The summed E-state index contributed by atoms with van der Waals surface area (Å²) in [4.78, 5) is 10.2. The first-order chi connectivity index (χ1) is 26.0. The van der Waals surface area contributed by atoms with Gasteiger partial charge in [-0.1, -0.05) is 166 Å². The minimum Gasteiger partial charge on any atom is -0.449 e. The topological polar surface area (TPSA) is 44.2 Å². The Hall–Kier alpha value is -6.78. The van der Waals surface area contributed by atoms with Gasteiger partial charge in [0.05, 0.1) is 11.4 Å². The van der Waals surface area contributed by atoms with Crippen LogP contribution in [0.15, 0.2) is 170 Å². The molecule has 2 aliphatic rings. The van der Waals surface area contributed by atoms with Crippen LogP contribution in [0, 0.1) is 0 Å². The Bertz CT molecular complexity index is 2680. The minimum absolute atomic E-state index is 0.119. The molecule has 1 aliphatic carbocycles. The molecular weight excluding hydrogens is 649 g/mol. The van der Waals surface area contributed by atoms with Crippen LogP contribution in [-0.2, 0) is 5.41 Å². The quantitative estimate of drug-likeness (QED) is 0.181. The van der Waals surface area contributed by atoms with Crippen molar-refractivity contribution in [1.29, 1.82) is 0 Å². The molecule has 4 nitrogen and oxygen atoms in total. The molecule has 0 atom stereocenters. The normalized spacial score (nSPS) is 13.2. The molecule has 0 spiro atoms. The van der Waals surface area contributed by atoms with Crippen molar-refractivity contribution in [3.63, 3.8) is 0 Å². The Morgan fingerprint density at radius 3 is 1.74 bits per heavy atom. The van der Waals surface area contributed by atoms with Crippen LogP contribution in [0.25, 0.3) is 67.3 Å². The average Bonchev–Trinajstić information content (AvgIpc) is 3.46. The molecule has 0 saturated heterocycles. The zero-order valence-electron chi connectivity index (χ0n) is 29.4. The Kier molecular flexibility index (Phi) is 7.12. The van der Waals surface area contributed by atoms with E-state index in [2.05, 4.69) is 147 Å². The average molecular weight is 683 g/mol. The molecule has 1 aliphatic heterocycles. The van der Waals surface area contributed by atoms with E-state index in [0.717, 1.165) is 67.4 Å². The summed E-state index contributed by atoms with van der Waals surface area (Å²) in [7, 11) is 0. The smallest absolute Gasteiger partial charge is 0.178 e. The van der Waals surface area contributed by atoms with E-state index in [0.29, 0.717) is 17.3 Å². The van der Waals surface area contributed by atoms with Gasteiger partial charge in [-0.3, -0.25) is 0 Å². The fourth-order valence-electron chi connectivity index (χ4n) is 7.92. The van der Waals surface area contributed by atoms with E-state index in [-0.39, 0.29) is 5.41 Å². The zero-order chi connectivity index (χ0) is 35.5. The third-order valence-electron chi connectivity index (χ3n) is 10.6. The number of nitrogens with zero attached hydrogens (tertiary/aromatic N) is 2. The van der Waals surface area contributed by atoms with E-state index >= 15 is 0 Å². The van der Waals surface area contributed by atoms with Crippen LogP contribution >= 0.6 is 0 Å². The highest BCUT2D eigenvalue weighted by atomic mass is 16.6.